The fraction of sp³-hybridized carbons (Fsp3) is 0.188. The molecular formula is C16H16FN5O. The number of carbonyl (C=O) groups excluding carboxylic acids is 1. The molecule has 2 aromatic heterocycles. The van der Waals surface area contributed by atoms with Gasteiger partial charge in [-0.1, -0.05) is 6.07 Å². The number of amides is 1. The van der Waals surface area contributed by atoms with E-state index in [4.69, 9.17) is 0 Å². The Morgan fingerprint density at radius 1 is 1.35 bits per heavy atom. The van der Waals surface area contributed by atoms with Crippen molar-refractivity contribution in [1.29, 1.82) is 0 Å². The summed E-state index contributed by atoms with van der Waals surface area (Å²) in [7, 11) is 1.71. The van der Waals surface area contributed by atoms with Crippen molar-refractivity contribution in [2.45, 2.75) is 13.5 Å². The van der Waals surface area contributed by atoms with Crippen molar-refractivity contribution >= 4 is 5.91 Å². The molecular weight excluding hydrogens is 297 g/mol. The highest BCUT2D eigenvalue weighted by Crippen LogP contribution is 2.15. The van der Waals surface area contributed by atoms with E-state index in [0.717, 1.165) is 5.69 Å². The highest BCUT2D eigenvalue weighted by atomic mass is 19.1. The number of rotatable bonds is 4. The average molecular weight is 313 g/mol. The van der Waals surface area contributed by atoms with Crippen LogP contribution in [0.5, 0.6) is 0 Å². The van der Waals surface area contributed by atoms with Gasteiger partial charge < -0.3 is 9.88 Å². The number of nitrogens with zero attached hydrogens (tertiary/aromatic N) is 4. The second-order valence-electron chi connectivity index (χ2n) is 5.23. The normalized spacial score (nSPS) is 10.7. The molecule has 1 aromatic carbocycles. The molecule has 6 nitrogen and oxygen atoms in total. The molecule has 0 bridgehead atoms. The van der Waals surface area contributed by atoms with Crippen LogP contribution in [0.4, 0.5) is 4.39 Å². The van der Waals surface area contributed by atoms with Crippen LogP contribution in [0, 0.1) is 12.7 Å². The lowest BCUT2D eigenvalue weighted by atomic mass is 10.2. The van der Waals surface area contributed by atoms with Gasteiger partial charge in [-0.05, 0) is 30.7 Å². The minimum atomic E-state index is -0.369. The van der Waals surface area contributed by atoms with E-state index in [1.165, 1.54) is 17.1 Å². The predicted molar refractivity (Wildman–Crippen MR) is 82.6 cm³/mol. The average Bonchev–Trinajstić information content (AvgIpc) is 3.14. The van der Waals surface area contributed by atoms with Gasteiger partial charge in [-0.2, -0.15) is 5.10 Å². The Morgan fingerprint density at radius 2 is 2.17 bits per heavy atom. The number of hydrogen-bond donors (Lipinski definition) is 1. The third kappa shape index (κ3) is 3.13. The lowest BCUT2D eigenvalue weighted by molar-refractivity contribution is 0.0941. The molecule has 0 radical (unpaired) electrons. The highest BCUT2D eigenvalue weighted by Gasteiger charge is 2.12. The Labute approximate surface area is 132 Å². The third-order valence-electron chi connectivity index (χ3n) is 3.48. The Morgan fingerprint density at radius 3 is 2.78 bits per heavy atom. The minimum absolute atomic E-state index is 0.240. The maximum absolute atomic E-state index is 14.2. The van der Waals surface area contributed by atoms with Gasteiger partial charge >= 0.3 is 0 Å². The molecule has 0 aliphatic rings. The molecule has 3 rings (SSSR count). The van der Waals surface area contributed by atoms with Crippen LogP contribution in [0.25, 0.3) is 5.69 Å². The van der Waals surface area contributed by atoms with Crippen LogP contribution >= 0.6 is 0 Å². The Hall–Kier alpha value is -2.96. The summed E-state index contributed by atoms with van der Waals surface area (Å²) in [6.07, 6.45) is 4.79. The molecule has 7 heteroatoms. The van der Waals surface area contributed by atoms with E-state index in [9.17, 15) is 9.18 Å². The zero-order valence-corrected chi connectivity index (χ0v) is 12.8. The maximum Gasteiger partial charge on any atom is 0.269 e. The van der Waals surface area contributed by atoms with Gasteiger partial charge in [0.2, 0.25) is 0 Å². The van der Waals surface area contributed by atoms with E-state index in [0.29, 0.717) is 16.9 Å². The first kappa shape index (κ1) is 15.0. The lowest BCUT2D eigenvalue weighted by Gasteiger charge is -2.08. The SMILES string of the molecule is Cc1cc(C(=O)NCc2ccc(-n3ccnc3)c(F)c2)n(C)n1. The van der Waals surface area contributed by atoms with Crippen LogP contribution in [0.3, 0.4) is 0 Å². The van der Waals surface area contributed by atoms with Crippen molar-refractivity contribution in [2.75, 3.05) is 0 Å². The molecule has 0 aliphatic heterocycles. The smallest absolute Gasteiger partial charge is 0.269 e. The Balaban J connectivity index is 1.70. The Bertz CT molecular complexity index is 838. The number of carbonyl (C=O) groups is 1. The summed E-state index contributed by atoms with van der Waals surface area (Å²) in [6.45, 7) is 2.06. The molecule has 0 aliphatic carbocycles. The van der Waals surface area contributed by atoms with Crippen molar-refractivity contribution in [2.24, 2.45) is 7.05 Å². The number of hydrogen-bond acceptors (Lipinski definition) is 3. The molecule has 1 N–H and O–H groups in total. The number of nitrogens with one attached hydrogen (secondary N) is 1. The van der Waals surface area contributed by atoms with Crippen LogP contribution < -0.4 is 5.32 Å². The van der Waals surface area contributed by atoms with Crippen LogP contribution in [-0.4, -0.2) is 25.2 Å². The zero-order chi connectivity index (χ0) is 16.4. The third-order valence-corrected chi connectivity index (χ3v) is 3.48. The lowest BCUT2D eigenvalue weighted by Crippen LogP contribution is -2.25. The number of aromatic nitrogens is 4. The van der Waals surface area contributed by atoms with E-state index in [2.05, 4.69) is 15.4 Å². The quantitative estimate of drug-likeness (QED) is 0.801. The minimum Gasteiger partial charge on any atom is -0.347 e. The molecule has 0 spiro atoms. The summed E-state index contributed by atoms with van der Waals surface area (Å²) in [6, 6.07) is 6.54. The number of halogens is 1. The van der Waals surface area contributed by atoms with Crippen molar-refractivity contribution < 1.29 is 9.18 Å². The van der Waals surface area contributed by atoms with Gasteiger partial charge in [0.1, 0.15) is 11.5 Å². The van der Waals surface area contributed by atoms with Gasteiger partial charge in [-0.15, -0.1) is 0 Å². The monoisotopic (exact) mass is 313 g/mol. The van der Waals surface area contributed by atoms with Gasteiger partial charge in [0, 0.05) is 26.0 Å². The predicted octanol–water partition coefficient (Wildman–Crippen LogP) is 1.98. The number of benzene rings is 1. The molecule has 1 amide bonds. The van der Waals surface area contributed by atoms with Crippen molar-refractivity contribution in [3.05, 3.63) is 65.8 Å². The van der Waals surface area contributed by atoms with E-state index in [1.807, 2.05) is 6.92 Å². The number of aryl methyl sites for hydroxylation is 2. The fourth-order valence-corrected chi connectivity index (χ4v) is 2.37. The van der Waals surface area contributed by atoms with Gasteiger partial charge in [0.15, 0.2) is 0 Å². The van der Waals surface area contributed by atoms with E-state index >= 15 is 0 Å². The zero-order valence-electron chi connectivity index (χ0n) is 12.8. The second kappa shape index (κ2) is 6.04. The summed E-state index contributed by atoms with van der Waals surface area (Å²) in [4.78, 5) is 16.0. The number of imidazole rings is 1. The van der Waals surface area contributed by atoms with Crippen molar-refractivity contribution in [3.63, 3.8) is 0 Å². The molecule has 0 unspecified atom stereocenters. The molecule has 118 valence electrons. The first-order chi connectivity index (χ1) is 11.0. The van der Waals surface area contributed by atoms with Gasteiger partial charge in [0.25, 0.3) is 5.91 Å². The highest BCUT2D eigenvalue weighted by molar-refractivity contribution is 5.92. The molecule has 0 saturated heterocycles. The van der Waals surface area contributed by atoms with E-state index in [-0.39, 0.29) is 18.3 Å². The van der Waals surface area contributed by atoms with Crippen LogP contribution in [0.1, 0.15) is 21.7 Å². The first-order valence-electron chi connectivity index (χ1n) is 7.10. The van der Waals surface area contributed by atoms with Crippen LogP contribution in [-0.2, 0) is 13.6 Å². The molecule has 3 aromatic rings. The second-order valence-corrected chi connectivity index (χ2v) is 5.23. The fourth-order valence-electron chi connectivity index (χ4n) is 2.37. The summed E-state index contributed by atoms with van der Waals surface area (Å²) in [5.41, 5.74) is 2.34. The van der Waals surface area contributed by atoms with E-state index in [1.54, 1.807) is 42.2 Å². The molecule has 0 saturated carbocycles. The standard InChI is InChI=1S/C16H16FN5O/c1-11-7-15(21(2)20-11)16(23)19-9-12-3-4-14(13(17)8-12)22-6-5-18-10-22/h3-8,10H,9H2,1-2H3,(H,19,23). The van der Waals surface area contributed by atoms with Gasteiger partial charge in [-0.3, -0.25) is 9.48 Å². The summed E-state index contributed by atoms with van der Waals surface area (Å²) in [5, 5.41) is 6.89. The summed E-state index contributed by atoms with van der Waals surface area (Å²) in [5.74, 6) is -0.613. The van der Waals surface area contributed by atoms with Crippen LogP contribution in [0.2, 0.25) is 0 Å². The summed E-state index contributed by atoms with van der Waals surface area (Å²) >= 11 is 0. The van der Waals surface area contributed by atoms with E-state index < -0.39 is 0 Å². The summed E-state index contributed by atoms with van der Waals surface area (Å²) < 4.78 is 17.3. The topological polar surface area (TPSA) is 64.7 Å². The Kier molecular flexibility index (Phi) is 3.92. The van der Waals surface area contributed by atoms with Crippen molar-refractivity contribution in [3.8, 4) is 5.69 Å². The van der Waals surface area contributed by atoms with Gasteiger partial charge in [0.05, 0.1) is 17.7 Å². The van der Waals surface area contributed by atoms with Crippen molar-refractivity contribution in [1.82, 2.24) is 24.6 Å². The van der Waals surface area contributed by atoms with Crippen LogP contribution in [0.15, 0.2) is 43.0 Å². The molecule has 0 fully saturated rings. The first-order valence-corrected chi connectivity index (χ1v) is 7.10. The molecule has 2 heterocycles. The molecule has 23 heavy (non-hydrogen) atoms. The molecule has 0 atom stereocenters. The largest absolute Gasteiger partial charge is 0.347 e. The van der Waals surface area contributed by atoms with Gasteiger partial charge in [-0.25, -0.2) is 9.37 Å². The maximum atomic E-state index is 14.2.